The van der Waals surface area contributed by atoms with Crippen LogP contribution in [0.25, 0.3) is 0 Å². The summed E-state index contributed by atoms with van der Waals surface area (Å²) in [6, 6.07) is 9.67. The third-order valence-electron chi connectivity index (χ3n) is 3.62. The van der Waals surface area contributed by atoms with Gasteiger partial charge in [-0.3, -0.25) is 19.2 Å². The number of ketones is 2. The summed E-state index contributed by atoms with van der Waals surface area (Å²) in [7, 11) is 0. The van der Waals surface area contributed by atoms with Crippen LogP contribution in [0.15, 0.2) is 36.4 Å². The maximum absolute atomic E-state index is 12.1. The Labute approximate surface area is 165 Å². The van der Waals surface area contributed by atoms with Crippen LogP contribution >= 0.6 is 22.9 Å². The number of carbonyl (C=O) groups excluding carboxylic acids is 4. The number of thiophene rings is 1. The van der Waals surface area contributed by atoms with Crippen LogP contribution in [-0.2, 0) is 14.3 Å². The van der Waals surface area contributed by atoms with Crippen LogP contribution in [0.1, 0.15) is 46.7 Å². The van der Waals surface area contributed by atoms with E-state index in [-0.39, 0.29) is 24.4 Å². The van der Waals surface area contributed by atoms with E-state index >= 15 is 0 Å². The predicted molar refractivity (Wildman–Crippen MR) is 104 cm³/mol. The Morgan fingerprint density at radius 3 is 2.52 bits per heavy atom. The maximum Gasteiger partial charge on any atom is 0.307 e. The van der Waals surface area contributed by atoms with Crippen LogP contribution in [0.5, 0.6) is 0 Å². The second-order valence-electron chi connectivity index (χ2n) is 5.79. The van der Waals surface area contributed by atoms with E-state index in [9.17, 15) is 19.2 Å². The molecule has 1 heterocycles. The smallest absolute Gasteiger partial charge is 0.307 e. The SMILES string of the molecule is CC(=O)c1cccc(NC(=O)C(C)OC(=O)CCC(=O)c2ccc(Cl)s2)c1. The van der Waals surface area contributed by atoms with Gasteiger partial charge in [0, 0.05) is 17.7 Å². The molecule has 0 radical (unpaired) electrons. The molecular formula is C19H18ClNO5S. The highest BCUT2D eigenvalue weighted by Gasteiger charge is 2.19. The summed E-state index contributed by atoms with van der Waals surface area (Å²) >= 11 is 6.92. The fraction of sp³-hybridized carbons (Fsp3) is 0.263. The molecule has 0 saturated heterocycles. The Kier molecular flexibility index (Phi) is 7.27. The summed E-state index contributed by atoms with van der Waals surface area (Å²) in [6.45, 7) is 2.86. The maximum atomic E-state index is 12.1. The van der Waals surface area contributed by atoms with Gasteiger partial charge in [-0.05, 0) is 38.1 Å². The van der Waals surface area contributed by atoms with Gasteiger partial charge in [-0.15, -0.1) is 11.3 Å². The second kappa shape index (κ2) is 9.43. The van der Waals surface area contributed by atoms with Gasteiger partial charge in [0.1, 0.15) is 0 Å². The van der Waals surface area contributed by atoms with Gasteiger partial charge in [0.05, 0.1) is 15.6 Å². The molecule has 0 bridgehead atoms. The molecule has 1 aromatic carbocycles. The zero-order valence-corrected chi connectivity index (χ0v) is 16.4. The van der Waals surface area contributed by atoms with E-state index in [0.29, 0.717) is 20.5 Å². The molecule has 1 unspecified atom stereocenters. The molecule has 8 heteroatoms. The van der Waals surface area contributed by atoms with E-state index in [0.717, 1.165) is 11.3 Å². The number of amides is 1. The number of nitrogens with one attached hydrogen (secondary N) is 1. The second-order valence-corrected chi connectivity index (χ2v) is 7.50. The number of hydrogen-bond donors (Lipinski definition) is 1. The van der Waals surface area contributed by atoms with Crippen molar-refractivity contribution in [2.24, 2.45) is 0 Å². The first-order valence-electron chi connectivity index (χ1n) is 8.16. The van der Waals surface area contributed by atoms with Gasteiger partial charge >= 0.3 is 5.97 Å². The largest absolute Gasteiger partial charge is 0.453 e. The van der Waals surface area contributed by atoms with Gasteiger partial charge in [-0.2, -0.15) is 0 Å². The Hall–Kier alpha value is -2.51. The topological polar surface area (TPSA) is 89.5 Å². The molecule has 1 atom stereocenters. The molecule has 0 aliphatic carbocycles. The number of ether oxygens (including phenoxy) is 1. The first-order valence-corrected chi connectivity index (χ1v) is 9.35. The van der Waals surface area contributed by atoms with Crippen LogP contribution in [-0.4, -0.2) is 29.5 Å². The van der Waals surface area contributed by atoms with E-state index in [2.05, 4.69) is 5.32 Å². The normalized spacial score (nSPS) is 11.5. The number of anilines is 1. The lowest BCUT2D eigenvalue weighted by Gasteiger charge is -2.13. The van der Waals surface area contributed by atoms with Gasteiger partial charge < -0.3 is 10.1 Å². The Balaban J connectivity index is 1.82. The van der Waals surface area contributed by atoms with Crippen molar-refractivity contribution < 1.29 is 23.9 Å². The Morgan fingerprint density at radius 2 is 1.89 bits per heavy atom. The number of hydrogen-bond acceptors (Lipinski definition) is 6. The number of Topliss-reactive ketones (excluding diaryl/α,β-unsaturated/α-hetero) is 2. The number of rotatable bonds is 8. The van der Waals surface area contributed by atoms with Crippen LogP contribution < -0.4 is 5.32 Å². The molecule has 1 amide bonds. The predicted octanol–water partition coefficient (Wildman–Crippen LogP) is 4.14. The van der Waals surface area contributed by atoms with E-state index in [1.165, 1.54) is 13.8 Å². The van der Waals surface area contributed by atoms with E-state index in [4.69, 9.17) is 16.3 Å². The van der Waals surface area contributed by atoms with Crippen molar-refractivity contribution in [3.8, 4) is 0 Å². The zero-order chi connectivity index (χ0) is 20.0. The number of esters is 1. The molecule has 1 N–H and O–H groups in total. The van der Waals surface area contributed by atoms with Crippen molar-refractivity contribution >= 4 is 52.1 Å². The zero-order valence-electron chi connectivity index (χ0n) is 14.8. The lowest BCUT2D eigenvalue weighted by atomic mass is 10.1. The summed E-state index contributed by atoms with van der Waals surface area (Å²) < 4.78 is 5.56. The van der Waals surface area contributed by atoms with Gasteiger partial charge in [-0.1, -0.05) is 23.7 Å². The average molecular weight is 408 g/mol. The third kappa shape index (κ3) is 6.30. The van der Waals surface area contributed by atoms with Gasteiger partial charge in [0.25, 0.3) is 5.91 Å². The highest BCUT2D eigenvalue weighted by molar-refractivity contribution is 7.18. The van der Waals surface area contributed by atoms with Crippen molar-refractivity contribution in [3.05, 3.63) is 51.2 Å². The van der Waals surface area contributed by atoms with Crippen LogP contribution in [0.3, 0.4) is 0 Å². The molecular weight excluding hydrogens is 390 g/mol. The van der Waals surface area contributed by atoms with Gasteiger partial charge in [0.2, 0.25) is 0 Å². The monoisotopic (exact) mass is 407 g/mol. The molecule has 2 aromatic rings. The number of benzene rings is 1. The van der Waals surface area contributed by atoms with E-state index < -0.39 is 18.0 Å². The molecule has 0 aliphatic heterocycles. The summed E-state index contributed by atoms with van der Waals surface area (Å²) in [4.78, 5) is 47.8. The minimum Gasteiger partial charge on any atom is -0.453 e. The van der Waals surface area contributed by atoms with Crippen molar-refractivity contribution in [1.82, 2.24) is 0 Å². The summed E-state index contributed by atoms with van der Waals surface area (Å²) in [5, 5.41) is 2.59. The molecule has 0 aliphatic rings. The minimum absolute atomic E-state index is 0.0231. The molecule has 6 nitrogen and oxygen atoms in total. The lowest BCUT2D eigenvalue weighted by Crippen LogP contribution is -2.30. The molecule has 0 fully saturated rings. The molecule has 1 aromatic heterocycles. The van der Waals surface area contributed by atoms with Crippen LogP contribution in [0, 0.1) is 0 Å². The Morgan fingerprint density at radius 1 is 1.15 bits per heavy atom. The third-order valence-corrected chi connectivity index (χ3v) is 4.89. The van der Waals surface area contributed by atoms with Gasteiger partial charge in [-0.25, -0.2) is 0 Å². The first-order chi connectivity index (χ1) is 12.8. The molecule has 142 valence electrons. The van der Waals surface area contributed by atoms with Crippen LogP contribution in [0.4, 0.5) is 5.69 Å². The van der Waals surface area contributed by atoms with E-state index in [1.54, 1.807) is 36.4 Å². The molecule has 2 rings (SSSR count). The number of carbonyl (C=O) groups is 4. The van der Waals surface area contributed by atoms with Crippen molar-refractivity contribution in [3.63, 3.8) is 0 Å². The fourth-order valence-electron chi connectivity index (χ4n) is 2.17. The van der Waals surface area contributed by atoms with Crippen molar-refractivity contribution in [2.45, 2.75) is 32.8 Å². The van der Waals surface area contributed by atoms with E-state index in [1.807, 2.05) is 0 Å². The number of halogens is 1. The molecule has 27 heavy (non-hydrogen) atoms. The highest BCUT2D eigenvalue weighted by Crippen LogP contribution is 2.23. The fourth-order valence-corrected chi connectivity index (χ4v) is 3.18. The molecule has 0 saturated carbocycles. The summed E-state index contributed by atoms with van der Waals surface area (Å²) in [5.41, 5.74) is 0.894. The standard InChI is InChI=1S/C19H18ClNO5S/c1-11(22)13-4-3-5-14(10-13)21-19(25)12(2)26-18(24)9-6-15(23)16-7-8-17(20)27-16/h3-5,7-8,10,12H,6,9H2,1-2H3,(H,21,25). The molecule has 0 spiro atoms. The summed E-state index contributed by atoms with van der Waals surface area (Å²) in [5.74, 6) is -1.50. The lowest BCUT2D eigenvalue weighted by molar-refractivity contribution is -0.153. The quantitative estimate of drug-likeness (QED) is 0.524. The Bertz CT molecular complexity index is 876. The van der Waals surface area contributed by atoms with Crippen molar-refractivity contribution in [2.75, 3.05) is 5.32 Å². The van der Waals surface area contributed by atoms with Crippen LogP contribution in [0.2, 0.25) is 4.34 Å². The average Bonchev–Trinajstić information content (AvgIpc) is 3.06. The summed E-state index contributed by atoms with van der Waals surface area (Å²) in [6.07, 6.45) is -1.19. The van der Waals surface area contributed by atoms with Crippen molar-refractivity contribution in [1.29, 1.82) is 0 Å². The minimum atomic E-state index is -1.04. The first kappa shape index (κ1) is 20.8. The highest BCUT2D eigenvalue weighted by atomic mass is 35.5. The van der Waals surface area contributed by atoms with Gasteiger partial charge in [0.15, 0.2) is 17.7 Å².